The summed E-state index contributed by atoms with van der Waals surface area (Å²) in [5, 5.41) is 5.94. The van der Waals surface area contributed by atoms with Crippen LogP contribution in [0, 0.1) is 5.82 Å². The second kappa shape index (κ2) is 7.40. The van der Waals surface area contributed by atoms with Crippen LogP contribution >= 0.6 is 11.3 Å². The number of nitrogens with one attached hydrogen (secondary N) is 1. The van der Waals surface area contributed by atoms with E-state index in [0.717, 1.165) is 22.7 Å². The first-order valence-corrected chi connectivity index (χ1v) is 9.07. The Morgan fingerprint density at radius 3 is 2.67 bits per heavy atom. The van der Waals surface area contributed by atoms with Gasteiger partial charge >= 0.3 is 0 Å². The monoisotopic (exact) mass is 348 g/mol. The molecule has 1 aliphatic rings. The van der Waals surface area contributed by atoms with Gasteiger partial charge in [0.15, 0.2) is 0 Å². The van der Waals surface area contributed by atoms with Gasteiger partial charge in [0.25, 0.3) is 0 Å². The van der Waals surface area contributed by atoms with E-state index in [2.05, 4.69) is 17.2 Å². The van der Waals surface area contributed by atoms with Crippen LogP contribution in [0.15, 0.2) is 29.6 Å². The Morgan fingerprint density at radius 2 is 2.04 bits per heavy atom. The molecule has 1 N–H and O–H groups in total. The van der Waals surface area contributed by atoms with Gasteiger partial charge in [-0.2, -0.15) is 0 Å². The summed E-state index contributed by atoms with van der Waals surface area (Å²) in [5.74, 6) is -0.332. The Labute approximate surface area is 145 Å². The first-order chi connectivity index (χ1) is 11.6. The average molecular weight is 348 g/mol. The number of hydrogen-bond donors (Lipinski definition) is 1. The van der Waals surface area contributed by atoms with Crippen LogP contribution in [0.1, 0.15) is 36.0 Å². The van der Waals surface area contributed by atoms with Crippen molar-refractivity contribution in [3.63, 3.8) is 0 Å². The zero-order valence-electron chi connectivity index (χ0n) is 13.7. The van der Waals surface area contributed by atoms with Crippen LogP contribution in [0.3, 0.4) is 0 Å². The first kappa shape index (κ1) is 17.0. The van der Waals surface area contributed by atoms with Gasteiger partial charge in [0.1, 0.15) is 10.8 Å². The third kappa shape index (κ3) is 3.49. The smallest absolute Gasteiger partial charge is 0.231 e. The molecule has 6 heteroatoms. The third-order valence-electron chi connectivity index (χ3n) is 4.54. The van der Waals surface area contributed by atoms with Crippen molar-refractivity contribution in [1.82, 2.24) is 10.3 Å². The Morgan fingerprint density at radius 1 is 1.33 bits per heavy atom. The predicted molar refractivity (Wildman–Crippen MR) is 91.5 cm³/mol. The fourth-order valence-electron chi connectivity index (χ4n) is 3.05. The van der Waals surface area contributed by atoms with Crippen molar-refractivity contribution in [2.45, 2.75) is 38.1 Å². The van der Waals surface area contributed by atoms with Gasteiger partial charge in [0.2, 0.25) is 5.91 Å². The van der Waals surface area contributed by atoms with Gasteiger partial charge in [-0.05, 0) is 37.0 Å². The number of carbonyl (C=O) groups excluding carboxylic acids is 1. The summed E-state index contributed by atoms with van der Waals surface area (Å²) < 4.78 is 18.7. The molecule has 4 nitrogen and oxygen atoms in total. The number of hydrogen-bond acceptors (Lipinski definition) is 4. The van der Waals surface area contributed by atoms with Crippen LogP contribution < -0.4 is 5.32 Å². The molecule has 0 spiro atoms. The molecule has 1 aliphatic heterocycles. The van der Waals surface area contributed by atoms with Crippen molar-refractivity contribution in [3.8, 4) is 0 Å². The van der Waals surface area contributed by atoms with Gasteiger partial charge in [0.05, 0.1) is 17.7 Å². The standard InChI is InChI=1S/C18H21FN2O2S/c1-2-15-12-24-16(21-15)11-20-17(22)18(7-9-23-10-8-18)13-3-5-14(19)6-4-13/h3-6,12H,2,7-11H2,1H3,(H,20,22). The van der Waals surface area contributed by atoms with Crippen molar-refractivity contribution in [2.24, 2.45) is 0 Å². The van der Waals surface area contributed by atoms with E-state index in [1.807, 2.05) is 5.38 Å². The Balaban J connectivity index is 1.77. The van der Waals surface area contributed by atoms with Gasteiger partial charge in [-0.1, -0.05) is 19.1 Å². The maximum atomic E-state index is 13.3. The molecule has 0 atom stereocenters. The second-order valence-electron chi connectivity index (χ2n) is 5.97. The molecule has 1 saturated heterocycles. The lowest BCUT2D eigenvalue weighted by atomic mass is 9.73. The lowest BCUT2D eigenvalue weighted by molar-refractivity contribution is -0.130. The van der Waals surface area contributed by atoms with E-state index in [4.69, 9.17) is 4.74 Å². The molecule has 0 radical (unpaired) electrons. The highest BCUT2D eigenvalue weighted by atomic mass is 32.1. The topological polar surface area (TPSA) is 51.2 Å². The zero-order valence-corrected chi connectivity index (χ0v) is 14.5. The third-order valence-corrected chi connectivity index (χ3v) is 5.44. The summed E-state index contributed by atoms with van der Waals surface area (Å²) in [6.45, 7) is 3.54. The number of nitrogens with zero attached hydrogens (tertiary/aromatic N) is 1. The fraction of sp³-hybridized carbons (Fsp3) is 0.444. The molecule has 0 aliphatic carbocycles. The lowest BCUT2D eigenvalue weighted by Crippen LogP contribution is -2.47. The summed E-state index contributed by atoms with van der Waals surface area (Å²) in [7, 11) is 0. The van der Waals surface area contributed by atoms with Crippen molar-refractivity contribution in [2.75, 3.05) is 13.2 Å². The minimum absolute atomic E-state index is 0.0364. The summed E-state index contributed by atoms with van der Waals surface area (Å²) in [4.78, 5) is 17.5. The van der Waals surface area contributed by atoms with Crippen LogP contribution in [-0.4, -0.2) is 24.1 Å². The number of halogens is 1. The Hall–Kier alpha value is -1.79. The van der Waals surface area contributed by atoms with E-state index in [1.54, 1.807) is 23.5 Å². The van der Waals surface area contributed by atoms with E-state index in [9.17, 15) is 9.18 Å². The molecule has 0 unspecified atom stereocenters. The minimum atomic E-state index is -0.656. The number of ether oxygens (including phenoxy) is 1. The summed E-state index contributed by atoms with van der Waals surface area (Å²) >= 11 is 1.56. The van der Waals surface area contributed by atoms with Crippen LogP contribution in [0.4, 0.5) is 4.39 Å². The van der Waals surface area contributed by atoms with Gasteiger partial charge in [0, 0.05) is 18.6 Å². The molecule has 2 aromatic rings. The van der Waals surface area contributed by atoms with E-state index in [-0.39, 0.29) is 11.7 Å². The van der Waals surface area contributed by atoms with Crippen LogP contribution in [0.2, 0.25) is 0 Å². The largest absolute Gasteiger partial charge is 0.381 e. The van der Waals surface area contributed by atoms with Gasteiger partial charge in [-0.25, -0.2) is 9.37 Å². The molecule has 24 heavy (non-hydrogen) atoms. The van der Waals surface area contributed by atoms with Crippen molar-refractivity contribution < 1.29 is 13.9 Å². The second-order valence-corrected chi connectivity index (χ2v) is 6.91. The lowest BCUT2D eigenvalue weighted by Gasteiger charge is -2.36. The molecule has 0 saturated carbocycles. The molecule has 1 amide bonds. The van der Waals surface area contributed by atoms with Gasteiger partial charge < -0.3 is 10.1 Å². The average Bonchev–Trinajstić information content (AvgIpc) is 3.09. The Bertz CT molecular complexity index is 693. The van der Waals surface area contributed by atoms with Crippen LogP contribution in [0.5, 0.6) is 0 Å². The summed E-state index contributed by atoms with van der Waals surface area (Å²) in [6.07, 6.45) is 2.09. The number of aromatic nitrogens is 1. The van der Waals surface area contributed by atoms with Crippen LogP contribution in [0.25, 0.3) is 0 Å². The molecule has 1 aromatic heterocycles. The molecule has 128 valence electrons. The Kier molecular flexibility index (Phi) is 5.26. The molecule has 1 fully saturated rings. The van der Waals surface area contributed by atoms with Crippen molar-refractivity contribution in [3.05, 3.63) is 51.7 Å². The highest BCUT2D eigenvalue weighted by molar-refractivity contribution is 7.09. The van der Waals surface area contributed by atoms with E-state index >= 15 is 0 Å². The van der Waals surface area contributed by atoms with Crippen molar-refractivity contribution in [1.29, 1.82) is 0 Å². The van der Waals surface area contributed by atoms with Crippen LogP contribution in [-0.2, 0) is 27.9 Å². The quantitative estimate of drug-likeness (QED) is 0.903. The number of benzene rings is 1. The molecule has 3 rings (SSSR count). The predicted octanol–water partition coefficient (Wildman–Crippen LogP) is 3.21. The molecule has 2 heterocycles. The highest BCUT2D eigenvalue weighted by Gasteiger charge is 2.41. The van der Waals surface area contributed by atoms with Gasteiger partial charge in [-0.15, -0.1) is 11.3 Å². The molecular formula is C18H21FN2O2S. The van der Waals surface area contributed by atoms with E-state index < -0.39 is 5.41 Å². The maximum absolute atomic E-state index is 13.3. The minimum Gasteiger partial charge on any atom is -0.381 e. The maximum Gasteiger partial charge on any atom is 0.231 e. The molecule has 0 bridgehead atoms. The van der Waals surface area contributed by atoms with Crippen molar-refractivity contribution >= 4 is 17.2 Å². The first-order valence-electron chi connectivity index (χ1n) is 8.19. The molecular weight excluding hydrogens is 327 g/mol. The number of carbonyl (C=O) groups is 1. The van der Waals surface area contributed by atoms with E-state index in [0.29, 0.717) is 32.6 Å². The SMILES string of the molecule is CCc1csc(CNC(=O)C2(c3ccc(F)cc3)CCOCC2)n1. The number of thiazole rings is 1. The summed E-state index contributed by atoms with van der Waals surface area (Å²) in [6, 6.07) is 6.24. The zero-order chi connectivity index (χ0) is 17.0. The number of aryl methyl sites for hydroxylation is 1. The number of amides is 1. The van der Waals surface area contributed by atoms with E-state index in [1.165, 1.54) is 12.1 Å². The van der Waals surface area contributed by atoms with Gasteiger partial charge in [-0.3, -0.25) is 4.79 Å². The molecule has 1 aromatic carbocycles. The summed E-state index contributed by atoms with van der Waals surface area (Å²) in [5.41, 5.74) is 1.23. The normalized spacial score (nSPS) is 16.8. The number of rotatable bonds is 5. The fourth-order valence-corrected chi connectivity index (χ4v) is 3.87. The highest BCUT2D eigenvalue weighted by Crippen LogP contribution is 2.35.